The van der Waals surface area contributed by atoms with Gasteiger partial charge in [-0.05, 0) is 63.1 Å². The second kappa shape index (κ2) is 10.6. The van der Waals surface area contributed by atoms with E-state index in [1.807, 2.05) is 46.8 Å². The number of rotatable bonds is 8. The second-order valence-corrected chi connectivity index (χ2v) is 7.61. The highest BCUT2D eigenvalue weighted by molar-refractivity contribution is 6.01. The summed E-state index contributed by atoms with van der Waals surface area (Å²) in [4.78, 5) is 39.5. The fourth-order valence-electron chi connectivity index (χ4n) is 3.16. The predicted octanol–water partition coefficient (Wildman–Crippen LogP) is 3.87. The fraction of sp³-hybridized carbons (Fsp3) is 0.375. The van der Waals surface area contributed by atoms with Gasteiger partial charge >= 0.3 is 0 Å². The van der Waals surface area contributed by atoms with Crippen LogP contribution in [0.4, 0.5) is 5.69 Å². The largest absolute Gasteiger partial charge is 0.340 e. The van der Waals surface area contributed by atoms with Crippen LogP contribution in [0.15, 0.2) is 48.5 Å². The number of amides is 3. The summed E-state index contributed by atoms with van der Waals surface area (Å²) in [6.07, 6.45) is 0. The maximum atomic E-state index is 12.8. The van der Waals surface area contributed by atoms with Gasteiger partial charge in [0.2, 0.25) is 5.91 Å². The maximum Gasteiger partial charge on any atom is 0.253 e. The van der Waals surface area contributed by atoms with Crippen molar-refractivity contribution in [1.29, 1.82) is 0 Å². The third-order valence-electron chi connectivity index (χ3n) is 4.97. The van der Waals surface area contributed by atoms with Crippen LogP contribution in [-0.2, 0) is 4.79 Å². The molecule has 0 saturated carbocycles. The van der Waals surface area contributed by atoms with Crippen molar-refractivity contribution in [1.82, 2.24) is 10.2 Å². The van der Waals surface area contributed by atoms with Gasteiger partial charge in [-0.3, -0.25) is 14.4 Å². The maximum absolute atomic E-state index is 12.8. The van der Waals surface area contributed by atoms with E-state index in [1.165, 1.54) is 0 Å². The molecule has 0 bridgehead atoms. The molecule has 0 saturated heterocycles. The smallest absolute Gasteiger partial charge is 0.253 e. The Morgan fingerprint density at radius 2 is 1.57 bits per heavy atom. The summed E-state index contributed by atoms with van der Waals surface area (Å²) < 4.78 is 0. The third-order valence-corrected chi connectivity index (χ3v) is 4.97. The van der Waals surface area contributed by atoms with Crippen LogP contribution in [-0.4, -0.2) is 41.8 Å². The Bertz CT molecular complexity index is 887. The fourth-order valence-corrected chi connectivity index (χ4v) is 3.16. The Morgan fingerprint density at radius 1 is 0.933 bits per heavy atom. The first-order chi connectivity index (χ1) is 14.3. The molecule has 160 valence electrons. The van der Waals surface area contributed by atoms with Crippen molar-refractivity contribution in [3.8, 4) is 0 Å². The number of nitrogens with one attached hydrogen (secondary N) is 2. The molecule has 2 N–H and O–H groups in total. The lowest BCUT2D eigenvalue weighted by molar-refractivity contribution is -0.118. The van der Waals surface area contributed by atoms with Gasteiger partial charge in [0.05, 0.1) is 0 Å². The molecular formula is C24H31N3O3. The molecule has 0 aromatic heterocycles. The minimum Gasteiger partial charge on any atom is -0.340 e. The van der Waals surface area contributed by atoms with Gasteiger partial charge in [0.1, 0.15) is 6.04 Å². The molecule has 0 heterocycles. The van der Waals surface area contributed by atoms with Gasteiger partial charge in [-0.1, -0.05) is 31.5 Å². The van der Waals surface area contributed by atoms with Crippen LogP contribution in [0.1, 0.15) is 54.0 Å². The standard InChI is InChI=1S/C24H31N3O3/c1-6-27(7-2)24(30)18-11-13-20(14-12-18)25-23(29)21(16(3)4)26-22(28)19-10-8-9-17(5)15-19/h8-16,21H,6-7H2,1-5H3,(H,25,29)(H,26,28)/t21-/m0/s1. The Hall–Kier alpha value is -3.15. The quantitative estimate of drug-likeness (QED) is 0.695. The molecule has 0 aliphatic carbocycles. The van der Waals surface area contributed by atoms with Crippen molar-refractivity contribution in [3.05, 3.63) is 65.2 Å². The van der Waals surface area contributed by atoms with Crippen LogP contribution < -0.4 is 10.6 Å². The Balaban J connectivity index is 2.08. The Kier molecular flexibility index (Phi) is 8.16. The Morgan fingerprint density at radius 3 is 2.10 bits per heavy atom. The number of carbonyl (C=O) groups is 3. The number of anilines is 1. The molecule has 1 atom stereocenters. The molecule has 0 aliphatic heterocycles. The summed E-state index contributed by atoms with van der Waals surface area (Å²) in [7, 11) is 0. The molecule has 2 rings (SSSR count). The van der Waals surface area contributed by atoms with E-state index in [0.717, 1.165) is 5.56 Å². The molecule has 0 spiro atoms. The molecule has 2 aromatic rings. The van der Waals surface area contributed by atoms with Crippen LogP contribution >= 0.6 is 0 Å². The molecule has 0 unspecified atom stereocenters. The van der Waals surface area contributed by atoms with Crippen LogP contribution in [0.3, 0.4) is 0 Å². The van der Waals surface area contributed by atoms with E-state index in [4.69, 9.17) is 0 Å². The number of carbonyl (C=O) groups excluding carboxylic acids is 3. The SMILES string of the molecule is CCN(CC)C(=O)c1ccc(NC(=O)[C@@H](NC(=O)c2cccc(C)c2)C(C)C)cc1. The van der Waals surface area contributed by atoms with E-state index < -0.39 is 6.04 Å². The number of hydrogen-bond donors (Lipinski definition) is 2. The van der Waals surface area contributed by atoms with Gasteiger partial charge in [0, 0.05) is 29.9 Å². The van der Waals surface area contributed by atoms with E-state index >= 15 is 0 Å². The van der Waals surface area contributed by atoms with Gasteiger partial charge in [-0.25, -0.2) is 0 Å². The number of hydrogen-bond acceptors (Lipinski definition) is 3. The lowest BCUT2D eigenvalue weighted by Crippen LogP contribution is -2.47. The average Bonchev–Trinajstić information content (AvgIpc) is 2.72. The van der Waals surface area contributed by atoms with E-state index in [2.05, 4.69) is 10.6 Å². The number of aryl methyl sites for hydroxylation is 1. The lowest BCUT2D eigenvalue weighted by Gasteiger charge is -2.22. The predicted molar refractivity (Wildman–Crippen MR) is 120 cm³/mol. The van der Waals surface area contributed by atoms with Crippen molar-refractivity contribution in [3.63, 3.8) is 0 Å². The molecule has 30 heavy (non-hydrogen) atoms. The zero-order valence-electron chi connectivity index (χ0n) is 18.4. The minimum atomic E-state index is -0.685. The summed E-state index contributed by atoms with van der Waals surface area (Å²) >= 11 is 0. The molecule has 3 amide bonds. The number of nitrogens with zero attached hydrogens (tertiary/aromatic N) is 1. The zero-order chi connectivity index (χ0) is 22.3. The highest BCUT2D eigenvalue weighted by Crippen LogP contribution is 2.14. The topological polar surface area (TPSA) is 78.5 Å². The molecule has 0 radical (unpaired) electrons. The van der Waals surface area contributed by atoms with Crippen LogP contribution in [0.25, 0.3) is 0 Å². The van der Waals surface area contributed by atoms with Crippen LogP contribution in [0.2, 0.25) is 0 Å². The zero-order valence-corrected chi connectivity index (χ0v) is 18.4. The average molecular weight is 410 g/mol. The van der Waals surface area contributed by atoms with Crippen molar-refractivity contribution in [2.75, 3.05) is 18.4 Å². The highest BCUT2D eigenvalue weighted by atomic mass is 16.2. The lowest BCUT2D eigenvalue weighted by atomic mass is 10.0. The van der Waals surface area contributed by atoms with E-state index in [-0.39, 0.29) is 23.6 Å². The van der Waals surface area contributed by atoms with Crippen LogP contribution in [0, 0.1) is 12.8 Å². The molecule has 6 nitrogen and oxygen atoms in total. The third kappa shape index (κ3) is 5.92. The molecule has 0 aliphatic rings. The van der Waals surface area contributed by atoms with Gasteiger partial charge in [-0.15, -0.1) is 0 Å². The summed E-state index contributed by atoms with van der Waals surface area (Å²) in [5.41, 5.74) is 2.65. The van der Waals surface area contributed by atoms with Crippen LogP contribution in [0.5, 0.6) is 0 Å². The molecule has 0 fully saturated rings. The van der Waals surface area contributed by atoms with E-state index in [9.17, 15) is 14.4 Å². The first-order valence-electron chi connectivity index (χ1n) is 10.3. The Labute approximate surface area is 178 Å². The summed E-state index contributed by atoms with van der Waals surface area (Å²) in [6, 6.07) is 13.4. The van der Waals surface area contributed by atoms with Gasteiger partial charge in [-0.2, -0.15) is 0 Å². The van der Waals surface area contributed by atoms with Crippen molar-refractivity contribution >= 4 is 23.4 Å². The van der Waals surface area contributed by atoms with Crippen molar-refractivity contribution in [2.45, 2.75) is 40.7 Å². The normalized spacial score (nSPS) is 11.7. The van der Waals surface area contributed by atoms with Gasteiger partial charge < -0.3 is 15.5 Å². The van der Waals surface area contributed by atoms with Crippen molar-refractivity contribution < 1.29 is 14.4 Å². The first-order valence-corrected chi connectivity index (χ1v) is 10.3. The van der Waals surface area contributed by atoms with Gasteiger partial charge in [0.25, 0.3) is 11.8 Å². The second-order valence-electron chi connectivity index (χ2n) is 7.61. The van der Waals surface area contributed by atoms with Crippen molar-refractivity contribution in [2.24, 2.45) is 5.92 Å². The summed E-state index contributed by atoms with van der Waals surface area (Å²) in [5, 5.41) is 5.66. The first kappa shape index (κ1) is 23.1. The summed E-state index contributed by atoms with van der Waals surface area (Å²) in [6.45, 7) is 10.8. The summed E-state index contributed by atoms with van der Waals surface area (Å²) in [5.74, 6) is -0.716. The number of benzene rings is 2. The molecule has 2 aromatic carbocycles. The molecular weight excluding hydrogens is 378 g/mol. The minimum absolute atomic E-state index is 0.0386. The monoisotopic (exact) mass is 409 g/mol. The van der Waals surface area contributed by atoms with E-state index in [0.29, 0.717) is 29.9 Å². The van der Waals surface area contributed by atoms with E-state index in [1.54, 1.807) is 41.3 Å². The molecule has 6 heteroatoms. The highest BCUT2D eigenvalue weighted by Gasteiger charge is 2.25. The van der Waals surface area contributed by atoms with Gasteiger partial charge in [0.15, 0.2) is 0 Å².